The normalized spacial score (nSPS) is 18.2. The predicted octanol–water partition coefficient (Wildman–Crippen LogP) is 1.37. The van der Waals surface area contributed by atoms with E-state index in [0.717, 1.165) is 49.6 Å². The highest BCUT2D eigenvalue weighted by Crippen LogP contribution is 2.38. The molecule has 0 atom stereocenters. The van der Waals surface area contributed by atoms with Gasteiger partial charge in [0.1, 0.15) is 11.4 Å². The van der Waals surface area contributed by atoms with E-state index in [-0.39, 0.29) is 18.3 Å². The van der Waals surface area contributed by atoms with Gasteiger partial charge in [0.25, 0.3) is 5.91 Å². The molecule has 2 aliphatic rings. The van der Waals surface area contributed by atoms with Gasteiger partial charge in [0.2, 0.25) is 0 Å². The van der Waals surface area contributed by atoms with Crippen molar-refractivity contribution in [3.8, 4) is 0 Å². The molecule has 0 saturated carbocycles. The molecule has 4 rings (SSSR count). The van der Waals surface area contributed by atoms with Gasteiger partial charge in [0.15, 0.2) is 0 Å². The van der Waals surface area contributed by atoms with Crippen molar-refractivity contribution in [2.45, 2.75) is 38.3 Å². The van der Waals surface area contributed by atoms with Gasteiger partial charge < -0.3 is 15.5 Å². The first-order valence-electron chi connectivity index (χ1n) is 8.82. The summed E-state index contributed by atoms with van der Waals surface area (Å²) in [6.07, 6.45) is 2.42. The minimum absolute atomic E-state index is 0. The van der Waals surface area contributed by atoms with Crippen molar-refractivity contribution < 1.29 is 4.79 Å². The Balaban J connectivity index is 0.00000196. The first-order chi connectivity index (χ1) is 12.2. The third kappa shape index (κ3) is 3.26. The Hall–Kier alpha value is -2.19. The lowest BCUT2D eigenvalue weighted by molar-refractivity contribution is -0.124. The number of aryl methyl sites for hydroxylation is 2. The van der Waals surface area contributed by atoms with Crippen LogP contribution in [-0.2, 0) is 11.3 Å². The zero-order valence-corrected chi connectivity index (χ0v) is 15.6. The Labute approximate surface area is 158 Å². The molecular weight excluding hydrogens is 354 g/mol. The lowest BCUT2D eigenvalue weighted by Gasteiger charge is -2.46. The van der Waals surface area contributed by atoms with E-state index < -0.39 is 5.54 Å². The molecule has 1 fully saturated rings. The van der Waals surface area contributed by atoms with Gasteiger partial charge in [-0.25, -0.2) is 4.68 Å². The maximum absolute atomic E-state index is 13.3. The molecule has 0 bridgehead atoms. The van der Waals surface area contributed by atoms with Crippen molar-refractivity contribution in [2.24, 2.45) is 0 Å². The number of anilines is 2. The molecule has 2 aromatic rings. The molecule has 3 heterocycles. The summed E-state index contributed by atoms with van der Waals surface area (Å²) in [6.45, 7) is 4.96. The number of para-hydroxylation sites is 2. The van der Waals surface area contributed by atoms with Gasteiger partial charge in [-0.2, -0.15) is 0 Å². The quantitative estimate of drug-likeness (QED) is 0.836. The Kier molecular flexibility index (Phi) is 5.43. The Morgan fingerprint density at radius 2 is 1.96 bits per heavy atom. The van der Waals surface area contributed by atoms with Crippen LogP contribution in [0.5, 0.6) is 0 Å². The molecule has 1 aromatic heterocycles. The topological polar surface area (TPSA) is 88.0 Å². The van der Waals surface area contributed by atoms with Gasteiger partial charge in [-0.15, -0.1) is 17.5 Å². The molecule has 0 aliphatic carbocycles. The van der Waals surface area contributed by atoms with Crippen molar-refractivity contribution in [1.82, 2.24) is 25.5 Å². The third-order valence-electron chi connectivity index (χ3n) is 5.14. The summed E-state index contributed by atoms with van der Waals surface area (Å²) in [7, 11) is 0. The largest absolute Gasteiger partial charge is 0.369 e. The van der Waals surface area contributed by atoms with Crippen LogP contribution in [0.1, 0.15) is 25.1 Å². The first kappa shape index (κ1) is 18.6. The van der Waals surface area contributed by atoms with Crippen LogP contribution in [0.4, 0.5) is 11.4 Å². The number of halogens is 1. The number of tetrazole rings is 1. The molecule has 0 unspecified atom stereocenters. The van der Waals surface area contributed by atoms with Crippen molar-refractivity contribution in [2.75, 3.05) is 29.9 Å². The molecule has 0 radical (unpaired) electrons. The van der Waals surface area contributed by atoms with E-state index in [0.29, 0.717) is 13.1 Å². The first-order valence-corrected chi connectivity index (χ1v) is 8.82. The van der Waals surface area contributed by atoms with Crippen LogP contribution in [0.25, 0.3) is 0 Å². The van der Waals surface area contributed by atoms with Crippen LogP contribution in [0.2, 0.25) is 0 Å². The average molecular weight is 378 g/mol. The van der Waals surface area contributed by atoms with Crippen LogP contribution in [-0.4, -0.2) is 51.3 Å². The van der Waals surface area contributed by atoms with E-state index in [1.165, 1.54) is 0 Å². The number of carbonyl (C=O) groups is 1. The summed E-state index contributed by atoms with van der Waals surface area (Å²) in [6, 6.07) is 8.06. The lowest BCUT2D eigenvalue weighted by Crippen LogP contribution is -2.61. The molecule has 1 amide bonds. The van der Waals surface area contributed by atoms with Crippen molar-refractivity contribution in [3.63, 3.8) is 0 Å². The van der Waals surface area contributed by atoms with Gasteiger partial charge in [-0.05, 0) is 61.8 Å². The molecule has 140 valence electrons. The van der Waals surface area contributed by atoms with Gasteiger partial charge in [0, 0.05) is 13.1 Å². The lowest BCUT2D eigenvalue weighted by atomic mass is 9.84. The number of carbonyl (C=O) groups excluding carboxylic acids is 1. The Morgan fingerprint density at radius 3 is 2.69 bits per heavy atom. The van der Waals surface area contributed by atoms with E-state index in [1.807, 2.05) is 30.0 Å². The van der Waals surface area contributed by atoms with E-state index in [4.69, 9.17) is 0 Å². The summed E-state index contributed by atoms with van der Waals surface area (Å²) >= 11 is 0. The number of fused-ring (bicyclic) bond motifs is 1. The summed E-state index contributed by atoms with van der Waals surface area (Å²) in [5.74, 6) is 0.975. The van der Waals surface area contributed by atoms with Crippen LogP contribution < -0.4 is 15.5 Å². The second kappa shape index (κ2) is 7.59. The van der Waals surface area contributed by atoms with Crippen LogP contribution >= 0.6 is 12.4 Å². The molecule has 1 saturated heterocycles. The number of amides is 1. The molecule has 9 heteroatoms. The minimum Gasteiger partial charge on any atom is -0.369 e. The summed E-state index contributed by atoms with van der Waals surface area (Å²) < 4.78 is 1.78. The number of piperidine rings is 1. The molecular formula is C17H24ClN7O. The standard InChI is InChI=1S/C17H23N7O.ClH/c1-13-20-21-22-24(13)12-4-11-23-15-6-3-2-5-14(15)19-17(16(23)25)7-9-18-10-8-17;/h2-3,5-6,18-19H,4,7-12H2,1H3;1H. The molecule has 1 aromatic carbocycles. The summed E-state index contributed by atoms with van der Waals surface area (Å²) in [5.41, 5.74) is 1.53. The second-order valence-electron chi connectivity index (χ2n) is 6.73. The minimum atomic E-state index is -0.482. The van der Waals surface area contributed by atoms with Crippen molar-refractivity contribution >= 4 is 29.7 Å². The monoisotopic (exact) mass is 377 g/mol. The Bertz CT molecular complexity index is 772. The predicted molar refractivity (Wildman–Crippen MR) is 102 cm³/mol. The van der Waals surface area contributed by atoms with Crippen molar-refractivity contribution in [1.29, 1.82) is 0 Å². The van der Waals surface area contributed by atoms with E-state index in [1.54, 1.807) is 4.68 Å². The fourth-order valence-electron chi connectivity index (χ4n) is 3.74. The Morgan fingerprint density at radius 1 is 1.19 bits per heavy atom. The number of aromatic nitrogens is 4. The number of nitrogens with zero attached hydrogens (tertiary/aromatic N) is 5. The van der Waals surface area contributed by atoms with E-state index >= 15 is 0 Å². The number of rotatable bonds is 4. The van der Waals surface area contributed by atoms with E-state index in [2.05, 4.69) is 32.2 Å². The van der Waals surface area contributed by atoms with Crippen LogP contribution in [0.3, 0.4) is 0 Å². The number of nitrogens with one attached hydrogen (secondary N) is 2. The summed E-state index contributed by atoms with van der Waals surface area (Å²) in [5, 5.41) is 18.4. The fourth-order valence-corrected chi connectivity index (χ4v) is 3.74. The second-order valence-corrected chi connectivity index (χ2v) is 6.73. The van der Waals surface area contributed by atoms with Crippen LogP contribution in [0, 0.1) is 6.92 Å². The van der Waals surface area contributed by atoms with Crippen LogP contribution in [0.15, 0.2) is 24.3 Å². The maximum Gasteiger partial charge on any atom is 0.252 e. The fraction of sp³-hybridized carbons (Fsp3) is 0.529. The highest BCUT2D eigenvalue weighted by atomic mass is 35.5. The van der Waals surface area contributed by atoms with Gasteiger partial charge in [-0.1, -0.05) is 12.1 Å². The molecule has 8 nitrogen and oxygen atoms in total. The van der Waals surface area contributed by atoms with Gasteiger partial charge >= 0.3 is 0 Å². The summed E-state index contributed by atoms with van der Waals surface area (Å²) in [4.78, 5) is 15.3. The van der Waals surface area contributed by atoms with Gasteiger partial charge in [-0.3, -0.25) is 4.79 Å². The zero-order chi connectivity index (χ0) is 17.3. The number of hydrogen-bond donors (Lipinski definition) is 2. The van der Waals surface area contributed by atoms with E-state index in [9.17, 15) is 4.79 Å². The van der Waals surface area contributed by atoms with Gasteiger partial charge in [0.05, 0.1) is 11.4 Å². The molecule has 1 spiro atoms. The average Bonchev–Trinajstić information content (AvgIpc) is 3.04. The smallest absolute Gasteiger partial charge is 0.252 e. The van der Waals surface area contributed by atoms with Crippen molar-refractivity contribution in [3.05, 3.63) is 30.1 Å². The zero-order valence-electron chi connectivity index (χ0n) is 14.8. The number of benzene rings is 1. The molecule has 2 aliphatic heterocycles. The maximum atomic E-state index is 13.3. The highest BCUT2D eigenvalue weighted by Gasteiger charge is 2.46. The molecule has 26 heavy (non-hydrogen) atoms. The molecule has 2 N–H and O–H groups in total. The number of hydrogen-bond acceptors (Lipinski definition) is 6. The highest BCUT2D eigenvalue weighted by molar-refractivity contribution is 6.08. The third-order valence-corrected chi connectivity index (χ3v) is 5.14. The SMILES string of the molecule is Cc1nnnn1CCCN1C(=O)C2(CCNCC2)Nc2ccccc21.Cl.